The Balaban J connectivity index is 2.19. The van der Waals surface area contributed by atoms with Gasteiger partial charge >= 0.3 is 5.97 Å². The zero-order valence-corrected chi connectivity index (χ0v) is 13.7. The molecule has 2 heterocycles. The monoisotopic (exact) mass is 308 g/mol. The Morgan fingerprint density at radius 1 is 1.27 bits per heavy atom. The predicted molar refractivity (Wildman–Crippen MR) is 80.7 cm³/mol. The Morgan fingerprint density at radius 2 is 1.86 bits per heavy atom. The van der Waals surface area contributed by atoms with Gasteiger partial charge in [-0.15, -0.1) is 5.10 Å². The standard InChI is InChI=1S/C15H24N4O3/c1-10-5-7-18(8-6-10)11(20)9-19-13(15(2,3)4)12(14(21)22)16-17-19/h10H,5-9H2,1-4H3,(H,21,22). The van der Waals surface area contributed by atoms with Crippen molar-refractivity contribution in [2.45, 2.75) is 52.5 Å². The molecule has 1 aliphatic rings. The molecule has 2 rings (SSSR count). The number of likely N-dealkylation sites (tertiary alicyclic amines) is 1. The molecule has 0 saturated carbocycles. The lowest BCUT2D eigenvalue weighted by Gasteiger charge is -2.30. The van der Waals surface area contributed by atoms with Gasteiger partial charge < -0.3 is 10.0 Å². The summed E-state index contributed by atoms with van der Waals surface area (Å²) in [6, 6.07) is 0. The van der Waals surface area contributed by atoms with Gasteiger partial charge in [-0.1, -0.05) is 32.9 Å². The molecule has 122 valence electrons. The zero-order valence-electron chi connectivity index (χ0n) is 13.7. The van der Waals surface area contributed by atoms with Crippen LogP contribution in [0.5, 0.6) is 0 Å². The van der Waals surface area contributed by atoms with E-state index in [0.717, 1.165) is 25.9 Å². The van der Waals surface area contributed by atoms with Gasteiger partial charge in [0.05, 0.1) is 5.69 Å². The first-order valence-electron chi connectivity index (χ1n) is 7.65. The molecule has 1 amide bonds. The Morgan fingerprint density at radius 3 is 2.36 bits per heavy atom. The van der Waals surface area contributed by atoms with Crippen LogP contribution in [0, 0.1) is 5.92 Å². The molecule has 22 heavy (non-hydrogen) atoms. The van der Waals surface area contributed by atoms with E-state index in [9.17, 15) is 14.7 Å². The van der Waals surface area contributed by atoms with Crippen molar-refractivity contribution in [2.75, 3.05) is 13.1 Å². The van der Waals surface area contributed by atoms with Crippen molar-refractivity contribution in [1.29, 1.82) is 0 Å². The lowest BCUT2D eigenvalue weighted by Crippen LogP contribution is -2.40. The molecule has 1 aromatic rings. The molecule has 0 aromatic carbocycles. The van der Waals surface area contributed by atoms with Crippen molar-refractivity contribution in [1.82, 2.24) is 19.9 Å². The smallest absolute Gasteiger partial charge is 0.358 e. The highest BCUT2D eigenvalue weighted by atomic mass is 16.4. The first kappa shape index (κ1) is 16.5. The van der Waals surface area contributed by atoms with Gasteiger partial charge in [0, 0.05) is 18.5 Å². The number of carboxylic acid groups (broad SMARTS) is 1. The molecule has 1 N–H and O–H groups in total. The number of carbonyl (C=O) groups is 2. The third-order valence-electron chi connectivity index (χ3n) is 4.07. The van der Waals surface area contributed by atoms with E-state index in [1.54, 1.807) is 0 Å². The Hall–Kier alpha value is -1.92. The number of carboxylic acids is 1. The highest BCUT2D eigenvalue weighted by molar-refractivity contribution is 5.87. The molecule has 0 radical (unpaired) electrons. The topological polar surface area (TPSA) is 88.3 Å². The van der Waals surface area contributed by atoms with Gasteiger partial charge in [-0.2, -0.15) is 0 Å². The molecule has 1 aromatic heterocycles. The van der Waals surface area contributed by atoms with Crippen molar-refractivity contribution in [2.24, 2.45) is 5.92 Å². The minimum Gasteiger partial charge on any atom is -0.476 e. The van der Waals surface area contributed by atoms with E-state index in [1.807, 2.05) is 25.7 Å². The molecular formula is C15H24N4O3. The summed E-state index contributed by atoms with van der Waals surface area (Å²) in [5, 5.41) is 16.9. The summed E-state index contributed by atoms with van der Waals surface area (Å²) in [6.45, 7) is 9.42. The van der Waals surface area contributed by atoms with Gasteiger partial charge in [0.15, 0.2) is 5.69 Å². The van der Waals surface area contributed by atoms with Crippen LogP contribution in [0.15, 0.2) is 0 Å². The van der Waals surface area contributed by atoms with E-state index in [-0.39, 0.29) is 18.1 Å². The third kappa shape index (κ3) is 3.45. The van der Waals surface area contributed by atoms with Crippen molar-refractivity contribution in [3.05, 3.63) is 11.4 Å². The van der Waals surface area contributed by atoms with Crippen molar-refractivity contribution in [3.63, 3.8) is 0 Å². The highest BCUT2D eigenvalue weighted by Crippen LogP contribution is 2.25. The molecule has 7 heteroatoms. The summed E-state index contributed by atoms with van der Waals surface area (Å²) < 4.78 is 1.43. The molecule has 0 atom stereocenters. The van der Waals surface area contributed by atoms with E-state index in [1.165, 1.54) is 4.68 Å². The van der Waals surface area contributed by atoms with Crippen LogP contribution in [0.25, 0.3) is 0 Å². The first-order valence-corrected chi connectivity index (χ1v) is 7.65. The van der Waals surface area contributed by atoms with Crippen LogP contribution < -0.4 is 0 Å². The Bertz CT molecular complexity index is 566. The summed E-state index contributed by atoms with van der Waals surface area (Å²) in [4.78, 5) is 25.5. The van der Waals surface area contributed by atoms with Crippen molar-refractivity contribution in [3.8, 4) is 0 Å². The number of rotatable bonds is 3. The van der Waals surface area contributed by atoms with E-state index >= 15 is 0 Å². The molecule has 0 aliphatic carbocycles. The molecule has 0 bridgehead atoms. The molecule has 7 nitrogen and oxygen atoms in total. The van der Waals surface area contributed by atoms with Crippen LogP contribution >= 0.6 is 0 Å². The van der Waals surface area contributed by atoms with Crippen LogP contribution in [-0.4, -0.2) is 50.0 Å². The fourth-order valence-corrected chi connectivity index (χ4v) is 2.80. The normalized spacial score (nSPS) is 16.8. The summed E-state index contributed by atoms with van der Waals surface area (Å²) in [7, 11) is 0. The predicted octanol–water partition coefficient (Wildman–Crippen LogP) is 1.53. The van der Waals surface area contributed by atoms with Crippen molar-refractivity contribution >= 4 is 11.9 Å². The van der Waals surface area contributed by atoms with E-state index < -0.39 is 11.4 Å². The number of piperidine rings is 1. The lowest BCUT2D eigenvalue weighted by molar-refractivity contribution is -0.133. The van der Waals surface area contributed by atoms with Gasteiger partial charge in [0.1, 0.15) is 6.54 Å². The van der Waals surface area contributed by atoms with Gasteiger partial charge in [0.25, 0.3) is 0 Å². The fraction of sp³-hybridized carbons (Fsp3) is 0.733. The fourth-order valence-electron chi connectivity index (χ4n) is 2.80. The second-order valence-electron chi connectivity index (χ2n) is 7.06. The number of aromatic carboxylic acids is 1. The Labute approximate surface area is 130 Å². The molecule has 1 saturated heterocycles. The minimum absolute atomic E-state index is 0.0285. The third-order valence-corrected chi connectivity index (χ3v) is 4.07. The average molecular weight is 308 g/mol. The van der Waals surface area contributed by atoms with Gasteiger partial charge in [-0.05, 0) is 18.8 Å². The largest absolute Gasteiger partial charge is 0.476 e. The zero-order chi connectivity index (χ0) is 16.5. The number of amides is 1. The number of hydrogen-bond acceptors (Lipinski definition) is 4. The second kappa shape index (κ2) is 6.06. The maximum Gasteiger partial charge on any atom is 0.358 e. The number of carbonyl (C=O) groups excluding carboxylic acids is 1. The molecule has 1 aliphatic heterocycles. The summed E-state index contributed by atoms with van der Waals surface area (Å²) in [5.74, 6) is -0.492. The van der Waals surface area contributed by atoms with Gasteiger partial charge in [-0.25, -0.2) is 9.48 Å². The molecule has 0 unspecified atom stereocenters. The SMILES string of the molecule is CC1CCN(C(=O)Cn2nnc(C(=O)O)c2C(C)(C)C)CC1. The van der Waals surface area contributed by atoms with Crippen LogP contribution in [-0.2, 0) is 16.8 Å². The highest BCUT2D eigenvalue weighted by Gasteiger charge is 2.30. The van der Waals surface area contributed by atoms with Crippen LogP contribution in [0.2, 0.25) is 0 Å². The van der Waals surface area contributed by atoms with Gasteiger partial charge in [0.2, 0.25) is 5.91 Å². The van der Waals surface area contributed by atoms with Crippen LogP contribution in [0.1, 0.15) is 56.7 Å². The van der Waals surface area contributed by atoms with E-state index in [0.29, 0.717) is 11.6 Å². The van der Waals surface area contributed by atoms with E-state index in [4.69, 9.17) is 0 Å². The van der Waals surface area contributed by atoms with Crippen LogP contribution in [0.4, 0.5) is 0 Å². The summed E-state index contributed by atoms with van der Waals surface area (Å²) in [6.07, 6.45) is 2.02. The molecular weight excluding hydrogens is 284 g/mol. The van der Waals surface area contributed by atoms with E-state index in [2.05, 4.69) is 17.2 Å². The number of nitrogens with zero attached hydrogens (tertiary/aromatic N) is 4. The first-order chi connectivity index (χ1) is 10.2. The second-order valence-corrected chi connectivity index (χ2v) is 7.06. The number of aromatic nitrogens is 3. The quantitative estimate of drug-likeness (QED) is 0.915. The van der Waals surface area contributed by atoms with Crippen molar-refractivity contribution < 1.29 is 14.7 Å². The minimum atomic E-state index is -1.12. The molecule has 1 fully saturated rings. The lowest BCUT2D eigenvalue weighted by atomic mass is 9.90. The van der Waals surface area contributed by atoms with Gasteiger partial charge in [-0.3, -0.25) is 4.79 Å². The maximum atomic E-state index is 12.4. The number of hydrogen-bond donors (Lipinski definition) is 1. The van der Waals surface area contributed by atoms with Crippen LogP contribution in [0.3, 0.4) is 0 Å². The maximum absolute atomic E-state index is 12.4. The summed E-state index contributed by atoms with van der Waals surface area (Å²) in [5.41, 5.74) is -0.0419. The average Bonchev–Trinajstić information content (AvgIpc) is 2.83. The Kier molecular flexibility index (Phi) is 4.53. The molecule has 0 spiro atoms. The summed E-state index contributed by atoms with van der Waals surface area (Å²) >= 11 is 0.